The molecule has 0 aliphatic rings. The molecule has 0 spiro atoms. The second-order valence-electron chi connectivity index (χ2n) is 4.07. The van der Waals surface area contributed by atoms with Gasteiger partial charge < -0.3 is 5.11 Å². The minimum absolute atomic E-state index is 0.0685. The lowest BCUT2D eigenvalue weighted by atomic mass is 10.0. The molecule has 0 unspecified atom stereocenters. The van der Waals surface area contributed by atoms with Gasteiger partial charge in [-0.15, -0.1) is 11.8 Å². The van der Waals surface area contributed by atoms with Crippen LogP contribution in [0.4, 0.5) is 0 Å². The Kier molecular flexibility index (Phi) is 4.97. The number of carbonyl (C=O) groups is 1. The van der Waals surface area contributed by atoms with Gasteiger partial charge in [-0.25, -0.2) is 0 Å². The monoisotopic (exact) mass is 326 g/mol. The molecule has 104 valence electrons. The van der Waals surface area contributed by atoms with Crippen LogP contribution in [-0.2, 0) is 0 Å². The van der Waals surface area contributed by atoms with Crippen LogP contribution in [-0.4, -0.2) is 16.6 Å². The lowest BCUT2D eigenvalue weighted by molar-refractivity contribution is 0.103. The summed E-state index contributed by atoms with van der Waals surface area (Å²) < 4.78 is 0. The van der Waals surface area contributed by atoms with E-state index in [0.717, 1.165) is 10.6 Å². The number of ketones is 1. The zero-order valence-corrected chi connectivity index (χ0v) is 13.0. The van der Waals surface area contributed by atoms with Crippen molar-refractivity contribution in [2.75, 3.05) is 5.75 Å². The van der Waals surface area contributed by atoms with Gasteiger partial charge in [-0.05, 0) is 42.2 Å². The van der Waals surface area contributed by atoms with E-state index in [1.165, 1.54) is 12.1 Å². The zero-order chi connectivity index (χ0) is 14.7. The third kappa shape index (κ3) is 3.29. The fourth-order valence-electron chi connectivity index (χ4n) is 1.76. The highest BCUT2D eigenvalue weighted by molar-refractivity contribution is 7.99. The number of phenolic OH excluding ortho intramolecular Hbond substituents is 1. The minimum atomic E-state index is -0.306. The Balaban J connectivity index is 2.36. The van der Waals surface area contributed by atoms with Gasteiger partial charge in [0.05, 0.1) is 10.6 Å². The molecule has 0 aliphatic heterocycles. The number of thioether (sulfide) groups is 1. The van der Waals surface area contributed by atoms with Gasteiger partial charge in [-0.1, -0.05) is 30.1 Å². The first-order chi connectivity index (χ1) is 9.52. The molecule has 1 N–H and O–H groups in total. The molecule has 0 fully saturated rings. The van der Waals surface area contributed by atoms with Crippen LogP contribution < -0.4 is 0 Å². The third-order valence-electron chi connectivity index (χ3n) is 2.70. The lowest BCUT2D eigenvalue weighted by Gasteiger charge is -2.07. The van der Waals surface area contributed by atoms with Gasteiger partial charge in [-0.3, -0.25) is 4.79 Å². The van der Waals surface area contributed by atoms with Gasteiger partial charge in [0.25, 0.3) is 0 Å². The Morgan fingerprint density at radius 1 is 1.20 bits per heavy atom. The molecule has 2 aromatic carbocycles. The van der Waals surface area contributed by atoms with Crippen LogP contribution in [0.15, 0.2) is 41.3 Å². The molecule has 2 nitrogen and oxygen atoms in total. The number of hydrogen-bond donors (Lipinski definition) is 1. The Bertz CT molecular complexity index is 639. The molecule has 2 rings (SSSR count). The molecule has 0 saturated carbocycles. The summed E-state index contributed by atoms with van der Waals surface area (Å²) in [5.74, 6) is 0.422. The lowest BCUT2D eigenvalue weighted by Crippen LogP contribution is -2.02. The topological polar surface area (TPSA) is 37.3 Å². The summed E-state index contributed by atoms with van der Waals surface area (Å²) in [7, 11) is 0. The normalized spacial score (nSPS) is 10.6. The van der Waals surface area contributed by atoms with E-state index in [-0.39, 0.29) is 22.1 Å². The molecule has 20 heavy (non-hydrogen) atoms. The smallest absolute Gasteiger partial charge is 0.196 e. The first kappa shape index (κ1) is 15.2. The summed E-state index contributed by atoms with van der Waals surface area (Å²) in [5, 5.41) is 10.3. The van der Waals surface area contributed by atoms with Crippen molar-refractivity contribution < 1.29 is 9.90 Å². The predicted octanol–water partition coefficient (Wildman–Crippen LogP) is 5.04. The van der Waals surface area contributed by atoms with Crippen LogP contribution in [0.1, 0.15) is 22.8 Å². The van der Waals surface area contributed by atoms with E-state index in [2.05, 4.69) is 6.92 Å². The second-order valence-corrected chi connectivity index (χ2v) is 6.25. The Morgan fingerprint density at radius 3 is 2.45 bits per heavy atom. The van der Waals surface area contributed by atoms with Crippen molar-refractivity contribution in [1.29, 1.82) is 0 Å². The number of carbonyl (C=O) groups excluding carboxylic acids is 1. The average molecular weight is 327 g/mol. The summed E-state index contributed by atoms with van der Waals surface area (Å²) >= 11 is 13.4. The van der Waals surface area contributed by atoms with Crippen LogP contribution >= 0.6 is 35.0 Å². The minimum Gasteiger partial charge on any atom is -0.506 e. The van der Waals surface area contributed by atoms with Crippen molar-refractivity contribution in [3.05, 3.63) is 57.6 Å². The molecule has 5 heteroatoms. The van der Waals surface area contributed by atoms with Crippen molar-refractivity contribution in [2.24, 2.45) is 0 Å². The number of benzene rings is 2. The van der Waals surface area contributed by atoms with Gasteiger partial charge in [0.15, 0.2) is 5.78 Å². The van der Waals surface area contributed by atoms with Crippen molar-refractivity contribution in [3.63, 3.8) is 0 Å². The van der Waals surface area contributed by atoms with Crippen LogP contribution in [0, 0.1) is 0 Å². The summed E-state index contributed by atoms with van der Waals surface area (Å²) in [6, 6.07) is 10.0. The Labute approximate surface area is 131 Å². The van der Waals surface area contributed by atoms with E-state index in [1.54, 1.807) is 23.9 Å². The van der Waals surface area contributed by atoms with Gasteiger partial charge in [0, 0.05) is 15.5 Å². The maximum Gasteiger partial charge on any atom is 0.196 e. The highest BCUT2D eigenvalue weighted by atomic mass is 35.5. The molecule has 0 bridgehead atoms. The predicted molar refractivity (Wildman–Crippen MR) is 84.4 cm³/mol. The SMILES string of the molecule is CCSc1ccc(C(=O)c2cc(Cl)cc(Cl)c2O)cc1. The first-order valence-corrected chi connectivity index (χ1v) is 7.72. The maximum absolute atomic E-state index is 12.4. The van der Waals surface area contributed by atoms with Gasteiger partial charge in [0.1, 0.15) is 5.75 Å². The Hall–Kier alpha value is -1.16. The number of rotatable bonds is 4. The van der Waals surface area contributed by atoms with E-state index in [9.17, 15) is 9.90 Å². The zero-order valence-electron chi connectivity index (χ0n) is 10.7. The quantitative estimate of drug-likeness (QED) is 0.631. The number of halogens is 2. The molecule has 2 aromatic rings. The molecule has 0 amide bonds. The molecule has 0 aromatic heterocycles. The summed E-state index contributed by atoms with van der Waals surface area (Å²) in [6.45, 7) is 2.07. The molecular weight excluding hydrogens is 315 g/mol. The first-order valence-electron chi connectivity index (χ1n) is 5.98. The highest BCUT2D eigenvalue weighted by Crippen LogP contribution is 2.32. The molecule has 0 radical (unpaired) electrons. The largest absolute Gasteiger partial charge is 0.506 e. The molecule has 0 heterocycles. The fourth-order valence-corrected chi connectivity index (χ4v) is 2.92. The molecular formula is C15H12Cl2O2S. The average Bonchev–Trinajstić information content (AvgIpc) is 2.43. The van der Waals surface area contributed by atoms with Crippen LogP contribution in [0.2, 0.25) is 10.0 Å². The van der Waals surface area contributed by atoms with Crippen molar-refractivity contribution >= 4 is 40.7 Å². The molecule has 0 saturated heterocycles. The summed E-state index contributed by atoms with van der Waals surface area (Å²) in [4.78, 5) is 13.5. The van der Waals surface area contributed by atoms with Crippen molar-refractivity contribution in [2.45, 2.75) is 11.8 Å². The standard InChI is InChI=1S/C15H12Cl2O2S/c1-2-20-11-5-3-9(4-6-11)14(18)12-7-10(16)8-13(17)15(12)19/h3-8,19H,2H2,1H3. The van der Waals surface area contributed by atoms with E-state index >= 15 is 0 Å². The van der Waals surface area contributed by atoms with Gasteiger partial charge in [0.2, 0.25) is 0 Å². The number of phenols is 1. The molecule has 0 aliphatic carbocycles. The van der Waals surface area contributed by atoms with Gasteiger partial charge >= 0.3 is 0 Å². The van der Waals surface area contributed by atoms with E-state index in [0.29, 0.717) is 10.6 Å². The fraction of sp³-hybridized carbons (Fsp3) is 0.133. The van der Waals surface area contributed by atoms with Crippen LogP contribution in [0.5, 0.6) is 5.75 Å². The summed E-state index contributed by atoms with van der Waals surface area (Å²) in [5.41, 5.74) is 0.595. The number of aromatic hydroxyl groups is 1. The van der Waals surface area contributed by atoms with Crippen molar-refractivity contribution in [1.82, 2.24) is 0 Å². The maximum atomic E-state index is 12.4. The number of hydrogen-bond acceptors (Lipinski definition) is 3. The van der Waals surface area contributed by atoms with Crippen molar-refractivity contribution in [3.8, 4) is 5.75 Å². The molecule has 0 atom stereocenters. The van der Waals surface area contributed by atoms with Gasteiger partial charge in [-0.2, -0.15) is 0 Å². The van der Waals surface area contributed by atoms with E-state index < -0.39 is 0 Å². The van der Waals surface area contributed by atoms with E-state index in [4.69, 9.17) is 23.2 Å². The van der Waals surface area contributed by atoms with Crippen LogP contribution in [0.3, 0.4) is 0 Å². The Morgan fingerprint density at radius 2 is 1.85 bits per heavy atom. The second kappa shape index (κ2) is 6.53. The van der Waals surface area contributed by atoms with Crippen LogP contribution in [0.25, 0.3) is 0 Å². The third-order valence-corrected chi connectivity index (χ3v) is 4.10. The van der Waals surface area contributed by atoms with E-state index in [1.807, 2.05) is 12.1 Å². The highest BCUT2D eigenvalue weighted by Gasteiger charge is 2.17. The summed E-state index contributed by atoms with van der Waals surface area (Å²) in [6.07, 6.45) is 0.